The minimum Gasteiger partial charge on any atom is -0.356 e. The van der Waals surface area contributed by atoms with Crippen molar-refractivity contribution in [2.45, 2.75) is 58.9 Å². The summed E-state index contributed by atoms with van der Waals surface area (Å²) in [6.07, 6.45) is 6.38. The van der Waals surface area contributed by atoms with Crippen LogP contribution in [0.1, 0.15) is 57.9 Å². The normalized spacial score (nSPS) is 17.2. The number of likely N-dealkylation sites (tertiary alicyclic amines) is 1. The van der Waals surface area contributed by atoms with Crippen LogP contribution < -0.4 is 5.32 Å². The highest BCUT2D eigenvalue weighted by Gasteiger charge is 2.26. The predicted octanol–water partition coefficient (Wildman–Crippen LogP) is 5.02. The minimum atomic E-state index is -0.255. The zero-order chi connectivity index (χ0) is 18.9. The first-order valence-electron chi connectivity index (χ1n) is 9.98. The molecule has 0 saturated carbocycles. The number of piperidine rings is 1. The number of carbonyl (C=O) groups excluding carboxylic acids is 1. The Balaban J connectivity index is 1.76. The van der Waals surface area contributed by atoms with E-state index in [2.05, 4.69) is 24.1 Å². The maximum Gasteiger partial charge on any atom is 0.223 e. The van der Waals surface area contributed by atoms with E-state index < -0.39 is 0 Å². The van der Waals surface area contributed by atoms with Gasteiger partial charge >= 0.3 is 0 Å². The molecule has 1 saturated heterocycles. The van der Waals surface area contributed by atoms with Crippen molar-refractivity contribution >= 4 is 17.5 Å². The van der Waals surface area contributed by atoms with E-state index in [9.17, 15) is 9.18 Å². The molecule has 1 atom stereocenters. The fraction of sp³-hybridized carbons (Fsp3) is 0.667. The molecule has 0 unspecified atom stereocenters. The second-order valence-corrected chi connectivity index (χ2v) is 7.82. The van der Waals surface area contributed by atoms with Gasteiger partial charge in [0.05, 0.1) is 0 Å². The first kappa shape index (κ1) is 21.2. The summed E-state index contributed by atoms with van der Waals surface area (Å²) < 4.78 is 13.9. The largest absolute Gasteiger partial charge is 0.356 e. The monoisotopic (exact) mass is 382 g/mol. The lowest BCUT2D eigenvalue weighted by Crippen LogP contribution is -2.41. The van der Waals surface area contributed by atoms with Crippen LogP contribution >= 0.6 is 11.6 Å². The zero-order valence-electron chi connectivity index (χ0n) is 16.1. The number of amides is 1. The van der Waals surface area contributed by atoms with Gasteiger partial charge in [-0.3, -0.25) is 9.69 Å². The van der Waals surface area contributed by atoms with Gasteiger partial charge in [-0.05, 0) is 50.4 Å². The van der Waals surface area contributed by atoms with Crippen molar-refractivity contribution in [3.05, 3.63) is 34.6 Å². The first-order valence-corrected chi connectivity index (χ1v) is 10.4. The van der Waals surface area contributed by atoms with Crippen LogP contribution in [-0.2, 0) is 11.3 Å². The van der Waals surface area contributed by atoms with Gasteiger partial charge < -0.3 is 5.32 Å². The molecule has 1 aliphatic rings. The third-order valence-corrected chi connectivity index (χ3v) is 5.86. The number of halogens is 2. The lowest BCUT2D eigenvalue weighted by Gasteiger charge is -2.31. The Hall–Kier alpha value is -1.13. The summed E-state index contributed by atoms with van der Waals surface area (Å²) in [6, 6.07) is 4.80. The number of benzene rings is 1. The Morgan fingerprint density at radius 2 is 2.08 bits per heavy atom. The van der Waals surface area contributed by atoms with Gasteiger partial charge in [0, 0.05) is 29.6 Å². The van der Waals surface area contributed by atoms with E-state index in [0.717, 1.165) is 38.9 Å². The highest BCUT2D eigenvalue weighted by molar-refractivity contribution is 6.31. The molecule has 0 aromatic heterocycles. The maximum absolute atomic E-state index is 13.9. The molecule has 146 valence electrons. The van der Waals surface area contributed by atoms with Crippen LogP contribution in [-0.4, -0.2) is 30.4 Å². The van der Waals surface area contributed by atoms with E-state index in [1.165, 1.54) is 25.3 Å². The highest BCUT2D eigenvalue weighted by atomic mass is 35.5. The van der Waals surface area contributed by atoms with Crippen LogP contribution in [0.2, 0.25) is 5.02 Å². The molecular weight excluding hydrogens is 351 g/mol. The highest BCUT2D eigenvalue weighted by Crippen LogP contribution is 2.24. The van der Waals surface area contributed by atoms with E-state index >= 15 is 0 Å². The molecule has 0 bridgehead atoms. The molecule has 0 radical (unpaired) electrons. The van der Waals surface area contributed by atoms with Crippen molar-refractivity contribution < 1.29 is 9.18 Å². The van der Waals surface area contributed by atoms with Gasteiger partial charge in [0.1, 0.15) is 5.82 Å². The van der Waals surface area contributed by atoms with Crippen molar-refractivity contribution in [1.29, 1.82) is 0 Å². The Labute approximate surface area is 162 Å². The van der Waals surface area contributed by atoms with Crippen molar-refractivity contribution in [3.63, 3.8) is 0 Å². The van der Waals surface area contributed by atoms with Gasteiger partial charge in [-0.1, -0.05) is 50.8 Å². The summed E-state index contributed by atoms with van der Waals surface area (Å²) in [6.45, 7) is 7.30. The lowest BCUT2D eigenvalue weighted by atomic mass is 9.94. The molecule has 1 N–H and O–H groups in total. The van der Waals surface area contributed by atoms with E-state index in [0.29, 0.717) is 23.0 Å². The van der Waals surface area contributed by atoms with Crippen LogP contribution in [0.4, 0.5) is 4.39 Å². The number of carbonyl (C=O) groups is 1. The molecule has 0 spiro atoms. The molecule has 1 aliphatic heterocycles. The van der Waals surface area contributed by atoms with E-state index in [1.54, 1.807) is 12.1 Å². The van der Waals surface area contributed by atoms with Crippen molar-refractivity contribution in [2.75, 3.05) is 19.6 Å². The summed E-state index contributed by atoms with van der Waals surface area (Å²) in [5.74, 6) is 0.590. The molecule has 5 heteroatoms. The fourth-order valence-corrected chi connectivity index (χ4v) is 3.82. The van der Waals surface area contributed by atoms with Gasteiger partial charge in [0.15, 0.2) is 0 Å². The fourth-order valence-electron chi connectivity index (χ4n) is 3.59. The molecular formula is C21H32ClFN2O. The molecule has 1 heterocycles. The van der Waals surface area contributed by atoms with E-state index in [4.69, 9.17) is 11.6 Å². The van der Waals surface area contributed by atoms with Gasteiger partial charge in [-0.25, -0.2) is 4.39 Å². The number of hydrogen-bond acceptors (Lipinski definition) is 2. The molecule has 26 heavy (non-hydrogen) atoms. The predicted molar refractivity (Wildman–Crippen MR) is 106 cm³/mol. The molecule has 1 aromatic rings. The molecule has 3 nitrogen and oxygen atoms in total. The number of hydrogen-bond donors (Lipinski definition) is 1. The lowest BCUT2D eigenvalue weighted by molar-refractivity contribution is -0.126. The van der Waals surface area contributed by atoms with Gasteiger partial charge in [0.25, 0.3) is 0 Å². The van der Waals surface area contributed by atoms with Crippen LogP contribution in [0.3, 0.4) is 0 Å². The van der Waals surface area contributed by atoms with Crippen LogP contribution in [0, 0.1) is 17.7 Å². The van der Waals surface area contributed by atoms with E-state index in [1.807, 2.05) is 0 Å². The third kappa shape index (κ3) is 6.24. The second kappa shape index (κ2) is 10.9. The standard InChI is InChI=1S/C21H32ClFN2O/c1-3-5-7-16(4-2)14-24-21(26)17-10-12-25(13-11-17)15-18-19(22)8-6-9-20(18)23/h6,8-9,16-17H,3-5,7,10-15H2,1-2H3,(H,24,26)/t16-/m1/s1. The number of nitrogens with zero attached hydrogens (tertiary/aromatic N) is 1. The minimum absolute atomic E-state index is 0.0750. The summed E-state index contributed by atoms with van der Waals surface area (Å²) in [5, 5.41) is 3.63. The molecule has 2 rings (SSSR count). The van der Waals surface area contributed by atoms with Gasteiger partial charge in [-0.2, -0.15) is 0 Å². The van der Waals surface area contributed by atoms with E-state index in [-0.39, 0.29) is 17.6 Å². The number of unbranched alkanes of at least 4 members (excludes halogenated alkanes) is 1. The molecule has 1 amide bonds. The smallest absolute Gasteiger partial charge is 0.223 e. The summed E-state index contributed by atoms with van der Waals surface area (Å²) in [5.41, 5.74) is 0.554. The number of rotatable bonds is 9. The third-order valence-electron chi connectivity index (χ3n) is 5.51. The van der Waals surface area contributed by atoms with Crippen LogP contribution in [0.15, 0.2) is 18.2 Å². The van der Waals surface area contributed by atoms with Crippen molar-refractivity contribution in [2.24, 2.45) is 11.8 Å². The SMILES string of the molecule is CCCC[C@@H](CC)CNC(=O)C1CCN(Cc2c(F)cccc2Cl)CC1. The van der Waals surface area contributed by atoms with Crippen molar-refractivity contribution in [3.8, 4) is 0 Å². The van der Waals surface area contributed by atoms with Crippen molar-refractivity contribution in [1.82, 2.24) is 10.2 Å². The topological polar surface area (TPSA) is 32.3 Å². The quantitative estimate of drug-likeness (QED) is 0.650. The molecule has 1 fully saturated rings. The summed E-state index contributed by atoms with van der Waals surface area (Å²) >= 11 is 6.12. The first-order chi connectivity index (χ1) is 12.5. The van der Waals surface area contributed by atoms with Crippen LogP contribution in [0.25, 0.3) is 0 Å². The van der Waals surface area contributed by atoms with Gasteiger partial charge in [0.2, 0.25) is 5.91 Å². The maximum atomic E-state index is 13.9. The summed E-state index contributed by atoms with van der Waals surface area (Å²) in [7, 11) is 0. The molecule has 1 aromatic carbocycles. The Kier molecular flexibility index (Phi) is 8.86. The molecule has 0 aliphatic carbocycles. The Bertz CT molecular complexity index is 553. The summed E-state index contributed by atoms with van der Waals surface area (Å²) in [4.78, 5) is 14.6. The average Bonchev–Trinajstić information content (AvgIpc) is 2.65. The van der Waals surface area contributed by atoms with Crippen LogP contribution in [0.5, 0.6) is 0 Å². The number of nitrogens with one attached hydrogen (secondary N) is 1. The Morgan fingerprint density at radius 1 is 1.35 bits per heavy atom. The zero-order valence-corrected chi connectivity index (χ0v) is 16.8. The van der Waals surface area contributed by atoms with Gasteiger partial charge in [-0.15, -0.1) is 0 Å². The Morgan fingerprint density at radius 3 is 2.69 bits per heavy atom. The second-order valence-electron chi connectivity index (χ2n) is 7.41. The average molecular weight is 383 g/mol.